The van der Waals surface area contributed by atoms with Gasteiger partial charge in [0.15, 0.2) is 4.34 Å². The summed E-state index contributed by atoms with van der Waals surface area (Å²) in [5.74, 6) is 0.812. The van der Waals surface area contributed by atoms with Crippen LogP contribution in [-0.4, -0.2) is 28.4 Å². The number of aromatic nitrogens is 2. The van der Waals surface area contributed by atoms with Gasteiger partial charge in [-0.3, -0.25) is 4.79 Å². The second-order valence-electron chi connectivity index (χ2n) is 2.17. The maximum atomic E-state index is 11.2. The molecule has 0 fully saturated rings. The summed E-state index contributed by atoms with van der Waals surface area (Å²) < 4.78 is 0.851. The number of carbonyl (C=O) groups is 1. The van der Waals surface area contributed by atoms with E-state index in [9.17, 15) is 4.79 Å². The van der Waals surface area contributed by atoms with E-state index in [1.807, 2.05) is 13.8 Å². The summed E-state index contributed by atoms with van der Waals surface area (Å²) in [5.41, 5.74) is 0. The normalized spacial score (nSPS) is 10.0. The number of nitrogens with zero attached hydrogens (tertiary/aromatic N) is 2. The van der Waals surface area contributed by atoms with Gasteiger partial charge in [-0.05, 0) is 12.7 Å². The van der Waals surface area contributed by atoms with E-state index in [4.69, 9.17) is 0 Å². The Balaban J connectivity index is 2.62. The zero-order valence-corrected chi connectivity index (χ0v) is 9.17. The third-order valence-corrected chi connectivity index (χ3v) is 3.14. The molecule has 1 aromatic heterocycles. The van der Waals surface area contributed by atoms with Crippen LogP contribution in [-0.2, 0) is 0 Å². The van der Waals surface area contributed by atoms with Gasteiger partial charge in [-0.15, -0.1) is 10.2 Å². The molecule has 4 nitrogen and oxygen atoms in total. The molecule has 0 unspecified atom stereocenters. The zero-order valence-electron chi connectivity index (χ0n) is 7.53. The largest absolute Gasteiger partial charge is 0.350 e. The summed E-state index contributed by atoms with van der Waals surface area (Å²) in [4.78, 5) is 11.2. The smallest absolute Gasteiger partial charge is 0.282 e. The third kappa shape index (κ3) is 2.96. The highest BCUT2D eigenvalue weighted by molar-refractivity contribution is 8.01. The lowest BCUT2D eigenvalue weighted by Gasteiger charge is -1.94. The Kier molecular flexibility index (Phi) is 4.17. The van der Waals surface area contributed by atoms with Crippen molar-refractivity contribution in [1.29, 1.82) is 0 Å². The highest BCUT2D eigenvalue weighted by Crippen LogP contribution is 2.21. The van der Waals surface area contributed by atoms with Crippen molar-refractivity contribution in [2.75, 3.05) is 12.3 Å². The van der Waals surface area contributed by atoms with E-state index < -0.39 is 0 Å². The van der Waals surface area contributed by atoms with Crippen molar-refractivity contribution in [3.63, 3.8) is 0 Å². The molecule has 0 saturated heterocycles. The summed E-state index contributed by atoms with van der Waals surface area (Å²) in [6.45, 7) is 4.53. The number of carbonyl (C=O) groups excluding carboxylic acids is 1. The molecule has 0 aromatic carbocycles. The van der Waals surface area contributed by atoms with Crippen LogP contribution in [0.4, 0.5) is 0 Å². The molecule has 0 aliphatic carbocycles. The van der Waals surface area contributed by atoms with Gasteiger partial charge in [-0.25, -0.2) is 0 Å². The molecule has 1 aromatic rings. The molecule has 1 N–H and O–H groups in total. The molecule has 0 aliphatic heterocycles. The predicted octanol–water partition coefficient (Wildman–Crippen LogP) is 1.40. The quantitative estimate of drug-likeness (QED) is 0.775. The minimum atomic E-state index is -0.136. The Morgan fingerprint density at radius 2 is 2.31 bits per heavy atom. The summed E-state index contributed by atoms with van der Waals surface area (Å²) >= 11 is 2.93. The van der Waals surface area contributed by atoms with E-state index >= 15 is 0 Å². The first-order valence-corrected chi connectivity index (χ1v) is 5.82. The van der Waals surface area contributed by atoms with Gasteiger partial charge < -0.3 is 5.32 Å². The van der Waals surface area contributed by atoms with E-state index in [0.717, 1.165) is 10.1 Å². The van der Waals surface area contributed by atoms with Crippen molar-refractivity contribution in [3.8, 4) is 0 Å². The number of hydrogen-bond donors (Lipinski definition) is 1. The Hall–Kier alpha value is -0.620. The van der Waals surface area contributed by atoms with Crippen LogP contribution in [0.15, 0.2) is 4.34 Å². The van der Waals surface area contributed by atoms with Gasteiger partial charge in [0.05, 0.1) is 0 Å². The Labute approximate surface area is 85.1 Å². The van der Waals surface area contributed by atoms with E-state index in [2.05, 4.69) is 15.5 Å². The lowest BCUT2D eigenvalue weighted by atomic mass is 10.6. The molecule has 13 heavy (non-hydrogen) atoms. The van der Waals surface area contributed by atoms with Gasteiger partial charge in [-0.1, -0.05) is 30.0 Å². The minimum absolute atomic E-state index is 0.136. The summed E-state index contributed by atoms with van der Waals surface area (Å²) in [6, 6.07) is 0. The van der Waals surface area contributed by atoms with Gasteiger partial charge in [0, 0.05) is 6.54 Å². The van der Waals surface area contributed by atoms with E-state index in [-0.39, 0.29) is 5.91 Å². The molecule has 0 aliphatic rings. The number of nitrogens with one attached hydrogen (secondary N) is 1. The maximum Gasteiger partial charge on any atom is 0.282 e. The average Bonchev–Trinajstić information content (AvgIpc) is 2.54. The lowest BCUT2D eigenvalue weighted by Crippen LogP contribution is -2.22. The summed E-state index contributed by atoms with van der Waals surface area (Å²) in [5, 5.41) is 10.8. The fraction of sp³-hybridized carbons (Fsp3) is 0.571. The first kappa shape index (κ1) is 10.5. The lowest BCUT2D eigenvalue weighted by molar-refractivity contribution is 0.0954. The van der Waals surface area contributed by atoms with Crippen LogP contribution in [0.2, 0.25) is 0 Å². The Bertz CT molecular complexity index is 287. The van der Waals surface area contributed by atoms with Crippen molar-refractivity contribution in [2.24, 2.45) is 0 Å². The third-order valence-electron chi connectivity index (χ3n) is 1.21. The molecule has 0 bridgehead atoms. The number of thioether (sulfide) groups is 1. The molecular formula is C7H11N3OS2. The van der Waals surface area contributed by atoms with Crippen molar-refractivity contribution >= 4 is 29.0 Å². The molecule has 6 heteroatoms. The van der Waals surface area contributed by atoms with Crippen LogP contribution in [0.5, 0.6) is 0 Å². The van der Waals surface area contributed by atoms with Crippen LogP contribution >= 0.6 is 23.1 Å². The van der Waals surface area contributed by atoms with Gasteiger partial charge in [-0.2, -0.15) is 0 Å². The van der Waals surface area contributed by atoms with Gasteiger partial charge >= 0.3 is 0 Å². The number of rotatable bonds is 4. The summed E-state index contributed by atoms with van der Waals surface area (Å²) in [6.07, 6.45) is 0. The molecule has 1 amide bonds. The molecule has 0 atom stereocenters. The van der Waals surface area contributed by atoms with Crippen LogP contribution in [0.1, 0.15) is 23.6 Å². The van der Waals surface area contributed by atoms with Crippen molar-refractivity contribution < 1.29 is 4.79 Å². The minimum Gasteiger partial charge on any atom is -0.350 e. The van der Waals surface area contributed by atoms with Crippen LogP contribution in [0.3, 0.4) is 0 Å². The van der Waals surface area contributed by atoms with Gasteiger partial charge in [0.25, 0.3) is 5.91 Å². The van der Waals surface area contributed by atoms with Crippen molar-refractivity contribution in [1.82, 2.24) is 15.5 Å². The molecule has 1 rings (SSSR count). The van der Waals surface area contributed by atoms with E-state index in [0.29, 0.717) is 11.6 Å². The standard InChI is InChI=1S/C7H11N3OS2/c1-3-8-5(11)6-9-10-7(13-6)12-4-2/h3-4H2,1-2H3,(H,8,11). The maximum absolute atomic E-state index is 11.2. The molecule has 0 radical (unpaired) electrons. The Morgan fingerprint density at radius 1 is 1.54 bits per heavy atom. The second-order valence-corrected chi connectivity index (χ2v) is 4.65. The van der Waals surface area contributed by atoms with Crippen LogP contribution in [0.25, 0.3) is 0 Å². The van der Waals surface area contributed by atoms with Gasteiger partial charge in [0.2, 0.25) is 5.01 Å². The highest BCUT2D eigenvalue weighted by Gasteiger charge is 2.10. The van der Waals surface area contributed by atoms with E-state index in [1.165, 1.54) is 11.3 Å². The fourth-order valence-corrected chi connectivity index (χ4v) is 2.38. The zero-order chi connectivity index (χ0) is 9.68. The van der Waals surface area contributed by atoms with Crippen LogP contribution < -0.4 is 5.32 Å². The average molecular weight is 217 g/mol. The molecular weight excluding hydrogens is 206 g/mol. The molecule has 1 heterocycles. The molecule has 0 saturated carbocycles. The van der Waals surface area contributed by atoms with Crippen molar-refractivity contribution in [3.05, 3.63) is 5.01 Å². The van der Waals surface area contributed by atoms with E-state index in [1.54, 1.807) is 11.8 Å². The first-order valence-electron chi connectivity index (χ1n) is 4.02. The predicted molar refractivity (Wildman–Crippen MR) is 54.3 cm³/mol. The van der Waals surface area contributed by atoms with Crippen molar-refractivity contribution in [2.45, 2.75) is 18.2 Å². The SMILES string of the molecule is CCNC(=O)c1nnc(SCC)s1. The first-order chi connectivity index (χ1) is 6.27. The topological polar surface area (TPSA) is 54.9 Å². The van der Waals surface area contributed by atoms with Crippen LogP contribution in [0, 0.1) is 0 Å². The Morgan fingerprint density at radius 3 is 2.92 bits per heavy atom. The number of amides is 1. The van der Waals surface area contributed by atoms with Gasteiger partial charge in [0.1, 0.15) is 0 Å². The fourth-order valence-electron chi connectivity index (χ4n) is 0.720. The monoisotopic (exact) mass is 217 g/mol. The molecule has 72 valence electrons. The summed E-state index contributed by atoms with van der Waals surface area (Å²) in [7, 11) is 0. The highest BCUT2D eigenvalue weighted by atomic mass is 32.2. The molecule has 0 spiro atoms. The number of hydrogen-bond acceptors (Lipinski definition) is 5. The second kappa shape index (κ2) is 5.18.